The Morgan fingerprint density at radius 1 is 1.10 bits per heavy atom. The Labute approximate surface area is 173 Å². The maximum Gasteiger partial charge on any atom is 0.223 e. The van der Waals surface area contributed by atoms with Crippen molar-refractivity contribution >= 4 is 27.5 Å². The van der Waals surface area contributed by atoms with Crippen LogP contribution in [0.25, 0.3) is 21.3 Å². The molecule has 0 unspecified atom stereocenters. The zero-order valence-electron chi connectivity index (χ0n) is 16.3. The molecule has 2 heterocycles. The van der Waals surface area contributed by atoms with E-state index in [1.54, 1.807) is 11.3 Å². The van der Waals surface area contributed by atoms with Crippen LogP contribution in [0.5, 0.6) is 0 Å². The van der Waals surface area contributed by atoms with Gasteiger partial charge < -0.3 is 10.1 Å². The lowest BCUT2D eigenvalue weighted by Crippen LogP contribution is -2.23. The lowest BCUT2D eigenvalue weighted by atomic mass is 10.1. The Morgan fingerprint density at radius 2 is 1.90 bits per heavy atom. The zero-order chi connectivity index (χ0) is 19.6. The Morgan fingerprint density at radius 3 is 2.66 bits per heavy atom. The molecule has 6 nitrogen and oxygen atoms in total. The topological polar surface area (TPSA) is 77.0 Å². The summed E-state index contributed by atoms with van der Waals surface area (Å²) in [5, 5.41) is 3.92. The average molecular weight is 409 g/mol. The molecule has 0 bridgehead atoms. The van der Waals surface area contributed by atoms with Gasteiger partial charge in [-0.3, -0.25) is 4.79 Å². The molecular weight excluding hydrogens is 384 g/mol. The molecule has 150 valence electrons. The van der Waals surface area contributed by atoms with Crippen molar-refractivity contribution < 1.29 is 9.53 Å². The number of amides is 1. The van der Waals surface area contributed by atoms with Crippen LogP contribution in [-0.2, 0) is 22.7 Å². The summed E-state index contributed by atoms with van der Waals surface area (Å²) in [6, 6.07) is 6.18. The van der Waals surface area contributed by atoms with Crippen LogP contribution in [-0.4, -0.2) is 27.0 Å². The van der Waals surface area contributed by atoms with E-state index in [4.69, 9.17) is 4.74 Å². The summed E-state index contributed by atoms with van der Waals surface area (Å²) in [5.74, 6) is 1.11. The molecule has 7 heteroatoms. The molecule has 1 N–H and O–H groups in total. The first-order valence-corrected chi connectivity index (χ1v) is 11.2. The summed E-state index contributed by atoms with van der Waals surface area (Å²) in [6.45, 7) is 0.984. The number of nitrogens with one attached hydrogen (secondary N) is 1. The average Bonchev–Trinajstić information content (AvgIpc) is 3.32. The third-order valence-electron chi connectivity index (χ3n) is 5.58. The molecule has 1 amide bonds. The summed E-state index contributed by atoms with van der Waals surface area (Å²) < 4.78 is 7.00. The largest absolute Gasteiger partial charge is 0.370 e. The van der Waals surface area contributed by atoms with Crippen LogP contribution in [0.15, 0.2) is 30.6 Å². The van der Waals surface area contributed by atoms with Gasteiger partial charge in [-0.15, -0.1) is 11.3 Å². The van der Waals surface area contributed by atoms with Crippen LogP contribution in [0, 0.1) is 5.92 Å². The number of benzene rings is 1. The number of carbonyl (C=O) groups excluding carboxylic acids is 1. The fourth-order valence-electron chi connectivity index (χ4n) is 3.71. The van der Waals surface area contributed by atoms with Crippen molar-refractivity contribution in [2.45, 2.75) is 57.8 Å². The maximum atomic E-state index is 11.8. The minimum absolute atomic E-state index is 0.152. The molecule has 2 saturated carbocycles. The molecule has 2 aliphatic rings. The van der Waals surface area contributed by atoms with Crippen LogP contribution < -0.4 is 5.32 Å². The molecule has 29 heavy (non-hydrogen) atoms. The van der Waals surface area contributed by atoms with Crippen molar-refractivity contribution in [1.82, 2.24) is 20.3 Å². The fourth-order valence-corrected chi connectivity index (χ4v) is 4.65. The van der Waals surface area contributed by atoms with Crippen molar-refractivity contribution in [3.8, 4) is 11.1 Å². The first-order valence-electron chi connectivity index (χ1n) is 10.3. The van der Waals surface area contributed by atoms with Crippen LogP contribution >= 0.6 is 11.3 Å². The lowest BCUT2D eigenvalue weighted by molar-refractivity contribution is -0.122. The number of rotatable bonds is 7. The van der Waals surface area contributed by atoms with Gasteiger partial charge in [0.2, 0.25) is 5.91 Å². The van der Waals surface area contributed by atoms with E-state index in [9.17, 15) is 4.79 Å². The Hall–Kier alpha value is -2.38. The molecule has 5 rings (SSSR count). The summed E-state index contributed by atoms with van der Waals surface area (Å²) in [7, 11) is 0. The van der Waals surface area contributed by atoms with Crippen LogP contribution in [0.2, 0.25) is 0 Å². The second-order valence-corrected chi connectivity index (χ2v) is 9.00. The minimum atomic E-state index is 0.152. The number of hydrogen-bond donors (Lipinski definition) is 1. The lowest BCUT2D eigenvalue weighted by Gasteiger charge is -2.10. The normalized spacial score (nSPS) is 17.1. The predicted octanol–water partition coefficient (Wildman–Crippen LogP) is 4.24. The monoisotopic (exact) mass is 408 g/mol. The van der Waals surface area contributed by atoms with Gasteiger partial charge in [-0.1, -0.05) is 18.9 Å². The van der Waals surface area contributed by atoms with Crippen molar-refractivity contribution in [1.29, 1.82) is 0 Å². The van der Waals surface area contributed by atoms with Gasteiger partial charge in [-0.25, -0.2) is 15.0 Å². The molecule has 0 spiro atoms. The van der Waals surface area contributed by atoms with E-state index in [2.05, 4.69) is 26.3 Å². The second kappa shape index (κ2) is 8.16. The molecule has 0 saturated heterocycles. The van der Waals surface area contributed by atoms with Gasteiger partial charge in [0.15, 0.2) is 5.82 Å². The highest BCUT2D eigenvalue weighted by Crippen LogP contribution is 2.30. The number of carbonyl (C=O) groups is 1. The summed E-state index contributed by atoms with van der Waals surface area (Å²) in [6.07, 6.45) is 11.0. The van der Waals surface area contributed by atoms with Gasteiger partial charge in [0, 0.05) is 23.9 Å². The third-order valence-corrected chi connectivity index (χ3v) is 6.60. The van der Waals surface area contributed by atoms with Gasteiger partial charge in [-0.05, 0) is 43.4 Å². The SMILES string of the molecule is O=C(NCc1nc2ccc(-c3cnc(COC4CCCC4)nc3)cc2s1)C1CC1. The smallest absolute Gasteiger partial charge is 0.223 e. The van der Waals surface area contributed by atoms with Gasteiger partial charge >= 0.3 is 0 Å². The van der Waals surface area contributed by atoms with E-state index >= 15 is 0 Å². The van der Waals surface area contributed by atoms with E-state index in [0.29, 0.717) is 19.3 Å². The number of hydrogen-bond acceptors (Lipinski definition) is 6. The molecule has 1 aromatic carbocycles. The van der Waals surface area contributed by atoms with Crippen molar-refractivity contribution in [2.75, 3.05) is 0 Å². The second-order valence-electron chi connectivity index (χ2n) is 7.89. The molecule has 2 fully saturated rings. The predicted molar refractivity (Wildman–Crippen MR) is 112 cm³/mol. The highest BCUT2D eigenvalue weighted by atomic mass is 32.1. The Balaban J connectivity index is 1.24. The molecule has 0 aliphatic heterocycles. The van der Waals surface area contributed by atoms with Gasteiger partial charge in [-0.2, -0.15) is 0 Å². The highest BCUT2D eigenvalue weighted by Gasteiger charge is 2.29. The summed E-state index contributed by atoms with van der Waals surface area (Å²) >= 11 is 1.62. The van der Waals surface area contributed by atoms with Gasteiger partial charge in [0.05, 0.1) is 22.9 Å². The molecule has 2 aromatic heterocycles. The van der Waals surface area contributed by atoms with Crippen molar-refractivity contribution in [3.05, 3.63) is 41.4 Å². The zero-order valence-corrected chi connectivity index (χ0v) is 17.1. The third kappa shape index (κ3) is 4.46. The summed E-state index contributed by atoms with van der Waals surface area (Å²) in [5.41, 5.74) is 3.00. The van der Waals surface area contributed by atoms with E-state index in [-0.39, 0.29) is 11.8 Å². The molecule has 3 aromatic rings. The van der Waals surface area contributed by atoms with Gasteiger partial charge in [0.1, 0.15) is 11.6 Å². The van der Waals surface area contributed by atoms with E-state index in [1.807, 2.05) is 24.5 Å². The number of nitrogens with zero attached hydrogens (tertiary/aromatic N) is 3. The quantitative estimate of drug-likeness (QED) is 0.633. The number of aromatic nitrogens is 3. The number of ether oxygens (including phenoxy) is 1. The van der Waals surface area contributed by atoms with Crippen molar-refractivity contribution in [2.24, 2.45) is 5.92 Å². The van der Waals surface area contributed by atoms with Crippen molar-refractivity contribution in [3.63, 3.8) is 0 Å². The van der Waals surface area contributed by atoms with Crippen LogP contribution in [0.1, 0.15) is 49.4 Å². The van der Waals surface area contributed by atoms with Crippen LogP contribution in [0.4, 0.5) is 0 Å². The number of thiazole rings is 1. The van der Waals surface area contributed by atoms with E-state index in [0.717, 1.165) is 57.9 Å². The minimum Gasteiger partial charge on any atom is -0.370 e. The van der Waals surface area contributed by atoms with Gasteiger partial charge in [0.25, 0.3) is 0 Å². The Bertz CT molecular complexity index is 1010. The number of fused-ring (bicyclic) bond motifs is 1. The first-order chi connectivity index (χ1) is 14.2. The standard InChI is InChI=1S/C22H24N4O2S/c27-22(14-5-6-14)25-12-21-26-18-8-7-15(9-19(18)29-21)16-10-23-20(24-11-16)13-28-17-3-1-2-4-17/h7-11,14,17H,1-6,12-13H2,(H,25,27). The fraction of sp³-hybridized carbons (Fsp3) is 0.455. The molecule has 0 radical (unpaired) electrons. The van der Waals surface area contributed by atoms with E-state index in [1.165, 1.54) is 12.8 Å². The first kappa shape index (κ1) is 18.6. The Kier molecular flexibility index (Phi) is 5.24. The molecular formula is C22H24N4O2S. The van der Waals surface area contributed by atoms with Crippen LogP contribution in [0.3, 0.4) is 0 Å². The van der Waals surface area contributed by atoms with E-state index < -0.39 is 0 Å². The maximum absolute atomic E-state index is 11.8. The summed E-state index contributed by atoms with van der Waals surface area (Å²) in [4.78, 5) is 25.4. The highest BCUT2D eigenvalue weighted by molar-refractivity contribution is 7.18. The molecule has 2 aliphatic carbocycles. The molecule has 0 atom stereocenters.